The quantitative estimate of drug-likeness (QED) is 0.768. The molecular formula is C14H20ClNO2. The normalized spacial score (nSPS) is 17.7. The highest BCUT2D eigenvalue weighted by atomic mass is 35.5. The summed E-state index contributed by atoms with van der Waals surface area (Å²) < 4.78 is 10.8. The van der Waals surface area contributed by atoms with Gasteiger partial charge in [0.15, 0.2) is 0 Å². The molecule has 1 aromatic carbocycles. The first kappa shape index (κ1) is 13.5. The lowest BCUT2D eigenvalue weighted by Crippen LogP contribution is -2.36. The number of benzene rings is 1. The Kier molecular flexibility index (Phi) is 5.14. The first-order valence-electron chi connectivity index (χ1n) is 6.41. The summed E-state index contributed by atoms with van der Waals surface area (Å²) in [6, 6.07) is 7.69. The number of hydrogen-bond donors (Lipinski definition) is 0. The summed E-state index contributed by atoms with van der Waals surface area (Å²) >= 11 is 6.07. The standard InChI is InChI=1S/C14H20ClNO2/c1-17-13-2-4-14(5-3-13)18-11-10-16-8-6-12(15)7-9-16/h2-5,12H,6-11H2,1H3. The Morgan fingerprint density at radius 3 is 2.39 bits per heavy atom. The molecule has 2 rings (SSSR count). The number of piperidine rings is 1. The van der Waals surface area contributed by atoms with Gasteiger partial charge in [0.2, 0.25) is 0 Å². The highest BCUT2D eigenvalue weighted by Gasteiger charge is 2.16. The van der Waals surface area contributed by atoms with Crippen molar-refractivity contribution in [2.75, 3.05) is 33.4 Å². The van der Waals surface area contributed by atoms with Gasteiger partial charge in [-0.15, -0.1) is 11.6 Å². The SMILES string of the molecule is COc1ccc(OCCN2CCC(Cl)CC2)cc1. The lowest BCUT2D eigenvalue weighted by molar-refractivity contribution is 0.185. The van der Waals surface area contributed by atoms with E-state index >= 15 is 0 Å². The number of rotatable bonds is 5. The van der Waals surface area contributed by atoms with Crippen molar-refractivity contribution in [1.29, 1.82) is 0 Å². The van der Waals surface area contributed by atoms with Crippen molar-refractivity contribution in [3.05, 3.63) is 24.3 Å². The highest BCUT2D eigenvalue weighted by molar-refractivity contribution is 6.20. The minimum Gasteiger partial charge on any atom is -0.497 e. The van der Waals surface area contributed by atoms with Crippen LogP contribution in [0.25, 0.3) is 0 Å². The Morgan fingerprint density at radius 2 is 1.78 bits per heavy atom. The summed E-state index contributed by atoms with van der Waals surface area (Å²) in [7, 11) is 1.66. The Bertz CT molecular complexity index is 347. The molecule has 1 aliphatic heterocycles. The van der Waals surface area contributed by atoms with Gasteiger partial charge in [0.05, 0.1) is 7.11 Å². The number of halogens is 1. The zero-order chi connectivity index (χ0) is 12.8. The molecule has 1 aliphatic rings. The maximum Gasteiger partial charge on any atom is 0.119 e. The summed E-state index contributed by atoms with van der Waals surface area (Å²) in [4.78, 5) is 2.41. The molecule has 4 heteroatoms. The van der Waals surface area contributed by atoms with E-state index < -0.39 is 0 Å². The number of likely N-dealkylation sites (tertiary alicyclic amines) is 1. The number of methoxy groups -OCH3 is 1. The highest BCUT2D eigenvalue weighted by Crippen LogP contribution is 2.18. The van der Waals surface area contributed by atoms with Crippen LogP contribution in [0.15, 0.2) is 24.3 Å². The van der Waals surface area contributed by atoms with E-state index in [1.807, 2.05) is 24.3 Å². The summed E-state index contributed by atoms with van der Waals surface area (Å²) in [6.07, 6.45) is 2.17. The van der Waals surface area contributed by atoms with Gasteiger partial charge < -0.3 is 9.47 Å². The largest absolute Gasteiger partial charge is 0.497 e. The van der Waals surface area contributed by atoms with Gasteiger partial charge in [0.1, 0.15) is 18.1 Å². The molecule has 100 valence electrons. The Morgan fingerprint density at radius 1 is 1.17 bits per heavy atom. The number of ether oxygens (including phenoxy) is 2. The molecular weight excluding hydrogens is 250 g/mol. The number of nitrogens with zero attached hydrogens (tertiary/aromatic N) is 1. The van der Waals surface area contributed by atoms with Crippen molar-refractivity contribution in [2.24, 2.45) is 0 Å². The zero-order valence-corrected chi connectivity index (χ0v) is 11.5. The van der Waals surface area contributed by atoms with Gasteiger partial charge in [-0.3, -0.25) is 4.90 Å². The first-order valence-corrected chi connectivity index (χ1v) is 6.85. The minimum absolute atomic E-state index is 0.365. The summed E-state index contributed by atoms with van der Waals surface area (Å²) in [5.74, 6) is 1.74. The van der Waals surface area contributed by atoms with E-state index in [9.17, 15) is 0 Å². The second kappa shape index (κ2) is 6.86. The van der Waals surface area contributed by atoms with Gasteiger partial charge in [-0.2, -0.15) is 0 Å². The fourth-order valence-electron chi connectivity index (χ4n) is 2.09. The number of alkyl halides is 1. The predicted octanol–water partition coefficient (Wildman–Crippen LogP) is 2.78. The predicted molar refractivity (Wildman–Crippen MR) is 73.8 cm³/mol. The van der Waals surface area contributed by atoms with Crippen LogP contribution in [-0.4, -0.2) is 43.6 Å². The van der Waals surface area contributed by atoms with Crippen molar-refractivity contribution in [2.45, 2.75) is 18.2 Å². The van der Waals surface area contributed by atoms with Gasteiger partial charge in [-0.05, 0) is 50.2 Å². The van der Waals surface area contributed by atoms with Crippen molar-refractivity contribution >= 4 is 11.6 Å². The zero-order valence-electron chi connectivity index (χ0n) is 10.8. The maximum absolute atomic E-state index is 6.07. The third-order valence-corrected chi connectivity index (χ3v) is 3.69. The van der Waals surface area contributed by atoms with Gasteiger partial charge in [-0.1, -0.05) is 0 Å². The van der Waals surface area contributed by atoms with Gasteiger partial charge in [-0.25, -0.2) is 0 Å². The molecule has 0 atom stereocenters. The molecule has 1 heterocycles. The van der Waals surface area contributed by atoms with E-state index in [0.717, 1.165) is 50.6 Å². The van der Waals surface area contributed by atoms with Gasteiger partial charge >= 0.3 is 0 Å². The molecule has 0 N–H and O–H groups in total. The van der Waals surface area contributed by atoms with Crippen molar-refractivity contribution in [1.82, 2.24) is 4.90 Å². The first-order chi connectivity index (χ1) is 8.78. The number of hydrogen-bond acceptors (Lipinski definition) is 3. The molecule has 0 aliphatic carbocycles. The van der Waals surface area contributed by atoms with Crippen molar-refractivity contribution in [3.8, 4) is 11.5 Å². The fraction of sp³-hybridized carbons (Fsp3) is 0.571. The Labute approximate surface area is 114 Å². The molecule has 3 nitrogen and oxygen atoms in total. The van der Waals surface area contributed by atoms with Crippen LogP contribution in [0.5, 0.6) is 11.5 Å². The van der Waals surface area contributed by atoms with E-state index in [2.05, 4.69) is 4.90 Å². The molecule has 1 saturated heterocycles. The van der Waals surface area contributed by atoms with E-state index in [-0.39, 0.29) is 0 Å². The summed E-state index contributed by atoms with van der Waals surface area (Å²) in [6.45, 7) is 3.86. The average molecular weight is 270 g/mol. The van der Waals surface area contributed by atoms with Crippen LogP contribution in [0.1, 0.15) is 12.8 Å². The van der Waals surface area contributed by atoms with Crippen LogP contribution in [-0.2, 0) is 0 Å². The van der Waals surface area contributed by atoms with E-state index in [4.69, 9.17) is 21.1 Å². The lowest BCUT2D eigenvalue weighted by atomic mass is 10.1. The third kappa shape index (κ3) is 4.07. The second-order valence-electron chi connectivity index (χ2n) is 4.54. The third-order valence-electron chi connectivity index (χ3n) is 3.25. The Hall–Kier alpha value is -0.930. The lowest BCUT2D eigenvalue weighted by Gasteiger charge is -2.28. The molecule has 0 aromatic heterocycles. The minimum atomic E-state index is 0.365. The van der Waals surface area contributed by atoms with Gasteiger partial charge in [0.25, 0.3) is 0 Å². The molecule has 1 fully saturated rings. The van der Waals surface area contributed by atoms with Crippen LogP contribution in [0.4, 0.5) is 0 Å². The molecule has 1 aromatic rings. The molecule has 0 saturated carbocycles. The van der Waals surface area contributed by atoms with Crippen LogP contribution < -0.4 is 9.47 Å². The monoisotopic (exact) mass is 269 g/mol. The van der Waals surface area contributed by atoms with Crippen LogP contribution in [0, 0.1) is 0 Å². The van der Waals surface area contributed by atoms with E-state index in [1.54, 1.807) is 7.11 Å². The van der Waals surface area contributed by atoms with Gasteiger partial charge in [0, 0.05) is 11.9 Å². The van der Waals surface area contributed by atoms with E-state index in [0.29, 0.717) is 5.38 Å². The maximum atomic E-state index is 6.07. The van der Waals surface area contributed by atoms with E-state index in [1.165, 1.54) is 0 Å². The molecule has 0 spiro atoms. The van der Waals surface area contributed by atoms with Crippen molar-refractivity contribution in [3.63, 3.8) is 0 Å². The van der Waals surface area contributed by atoms with Crippen LogP contribution in [0.2, 0.25) is 0 Å². The smallest absolute Gasteiger partial charge is 0.119 e. The summed E-state index contributed by atoms with van der Waals surface area (Å²) in [5.41, 5.74) is 0. The molecule has 0 amide bonds. The molecule has 0 bridgehead atoms. The average Bonchev–Trinajstić information content (AvgIpc) is 2.42. The summed E-state index contributed by atoms with van der Waals surface area (Å²) in [5, 5.41) is 0.365. The molecule has 0 radical (unpaired) electrons. The molecule has 18 heavy (non-hydrogen) atoms. The van der Waals surface area contributed by atoms with Crippen LogP contribution in [0.3, 0.4) is 0 Å². The van der Waals surface area contributed by atoms with Crippen LogP contribution >= 0.6 is 11.6 Å². The Balaban J connectivity index is 1.68. The fourth-order valence-corrected chi connectivity index (χ4v) is 2.28. The molecule has 0 unspecified atom stereocenters. The topological polar surface area (TPSA) is 21.7 Å². The van der Waals surface area contributed by atoms with Crippen molar-refractivity contribution < 1.29 is 9.47 Å². The second-order valence-corrected chi connectivity index (χ2v) is 5.16.